The third-order valence-electron chi connectivity index (χ3n) is 2.52. The first-order chi connectivity index (χ1) is 7.79. The first kappa shape index (κ1) is 10.8. The van der Waals surface area contributed by atoms with Crippen LogP contribution < -0.4 is 10.5 Å². The normalized spacial score (nSPS) is 12.4. The molecule has 0 bridgehead atoms. The Kier molecular flexibility index (Phi) is 3.27. The zero-order chi connectivity index (χ0) is 11.4. The van der Waals surface area contributed by atoms with Crippen molar-refractivity contribution in [2.75, 3.05) is 7.11 Å². The molecular formula is C13H15NO2. The molecule has 0 fully saturated rings. The van der Waals surface area contributed by atoms with Gasteiger partial charge in [0.25, 0.3) is 0 Å². The molecule has 0 amide bonds. The molecule has 2 N–H and O–H groups in total. The molecule has 1 heterocycles. The third kappa shape index (κ3) is 2.44. The van der Waals surface area contributed by atoms with Crippen LogP contribution in [-0.4, -0.2) is 7.11 Å². The van der Waals surface area contributed by atoms with Gasteiger partial charge < -0.3 is 14.9 Å². The molecule has 16 heavy (non-hydrogen) atoms. The minimum Gasteiger partial charge on any atom is -0.497 e. The molecule has 1 aromatic carbocycles. The average Bonchev–Trinajstić information content (AvgIpc) is 2.82. The average molecular weight is 217 g/mol. The number of rotatable bonds is 4. The predicted molar refractivity (Wildman–Crippen MR) is 62.3 cm³/mol. The van der Waals surface area contributed by atoms with Crippen LogP contribution in [0, 0.1) is 0 Å². The molecule has 84 valence electrons. The number of ether oxygens (including phenoxy) is 1. The standard InChI is InChI=1S/C13H15NO2/c1-15-11-5-2-4-10(8-11)13(14)9-12-6-3-7-16-12/h2-8,13H,9,14H2,1H3. The molecule has 1 aromatic heterocycles. The molecule has 0 spiro atoms. The Balaban J connectivity index is 2.11. The lowest BCUT2D eigenvalue weighted by Crippen LogP contribution is -2.12. The van der Waals surface area contributed by atoms with Gasteiger partial charge in [-0.25, -0.2) is 0 Å². The molecule has 2 aromatic rings. The quantitative estimate of drug-likeness (QED) is 0.856. The minimum absolute atomic E-state index is 0.0683. The largest absolute Gasteiger partial charge is 0.497 e. The van der Waals surface area contributed by atoms with Crippen molar-refractivity contribution < 1.29 is 9.15 Å². The maximum Gasteiger partial charge on any atom is 0.119 e. The molecule has 3 nitrogen and oxygen atoms in total. The van der Waals surface area contributed by atoms with Gasteiger partial charge in [0.2, 0.25) is 0 Å². The van der Waals surface area contributed by atoms with Crippen LogP contribution in [0.3, 0.4) is 0 Å². The smallest absolute Gasteiger partial charge is 0.119 e. The topological polar surface area (TPSA) is 48.4 Å². The molecule has 0 aliphatic heterocycles. The summed E-state index contributed by atoms with van der Waals surface area (Å²) >= 11 is 0. The van der Waals surface area contributed by atoms with E-state index in [1.54, 1.807) is 13.4 Å². The molecule has 0 aliphatic rings. The first-order valence-corrected chi connectivity index (χ1v) is 5.21. The van der Waals surface area contributed by atoms with Crippen LogP contribution in [0.2, 0.25) is 0 Å². The number of furan rings is 1. The number of hydrogen-bond acceptors (Lipinski definition) is 3. The van der Waals surface area contributed by atoms with Crippen LogP contribution in [0.4, 0.5) is 0 Å². The van der Waals surface area contributed by atoms with Gasteiger partial charge in [-0.2, -0.15) is 0 Å². The summed E-state index contributed by atoms with van der Waals surface area (Å²) in [6, 6.07) is 11.5. The molecule has 1 unspecified atom stereocenters. The van der Waals surface area contributed by atoms with E-state index in [4.69, 9.17) is 14.9 Å². The molecule has 0 aliphatic carbocycles. The minimum atomic E-state index is -0.0683. The lowest BCUT2D eigenvalue weighted by atomic mass is 10.0. The van der Waals surface area contributed by atoms with Gasteiger partial charge in [-0.15, -0.1) is 0 Å². The molecule has 0 radical (unpaired) electrons. The predicted octanol–water partition coefficient (Wildman–Crippen LogP) is 2.53. The van der Waals surface area contributed by atoms with Crippen molar-refractivity contribution in [1.82, 2.24) is 0 Å². The molecular weight excluding hydrogens is 202 g/mol. The van der Waals surface area contributed by atoms with Crippen molar-refractivity contribution in [2.24, 2.45) is 5.73 Å². The third-order valence-corrected chi connectivity index (χ3v) is 2.52. The summed E-state index contributed by atoms with van der Waals surface area (Å²) in [7, 11) is 1.65. The van der Waals surface area contributed by atoms with E-state index in [1.807, 2.05) is 36.4 Å². The van der Waals surface area contributed by atoms with E-state index in [0.717, 1.165) is 17.1 Å². The van der Waals surface area contributed by atoms with Gasteiger partial charge in [0.1, 0.15) is 11.5 Å². The zero-order valence-corrected chi connectivity index (χ0v) is 9.22. The second-order valence-electron chi connectivity index (χ2n) is 3.67. The highest BCUT2D eigenvalue weighted by atomic mass is 16.5. The van der Waals surface area contributed by atoms with Crippen molar-refractivity contribution in [2.45, 2.75) is 12.5 Å². The summed E-state index contributed by atoms with van der Waals surface area (Å²) in [5.41, 5.74) is 7.15. The molecule has 3 heteroatoms. The second kappa shape index (κ2) is 4.86. The van der Waals surface area contributed by atoms with Gasteiger partial charge in [-0.3, -0.25) is 0 Å². The first-order valence-electron chi connectivity index (χ1n) is 5.21. The van der Waals surface area contributed by atoms with Crippen LogP contribution >= 0.6 is 0 Å². The van der Waals surface area contributed by atoms with E-state index in [9.17, 15) is 0 Å². The van der Waals surface area contributed by atoms with Gasteiger partial charge in [0.05, 0.1) is 13.4 Å². The lowest BCUT2D eigenvalue weighted by Gasteiger charge is -2.11. The number of methoxy groups -OCH3 is 1. The highest BCUT2D eigenvalue weighted by Gasteiger charge is 2.09. The molecule has 0 saturated heterocycles. The molecule has 2 rings (SSSR count). The fourth-order valence-corrected chi connectivity index (χ4v) is 1.64. The summed E-state index contributed by atoms with van der Waals surface area (Å²) in [6.45, 7) is 0. The Morgan fingerprint density at radius 1 is 1.31 bits per heavy atom. The van der Waals surface area contributed by atoms with E-state index >= 15 is 0 Å². The summed E-state index contributed by atoms with van der Waals surface area (Å²) < 4.78 is 10.4. The highest BCUT2D eigenvalue weighted by molar-refractivity contribution is 5.30. The summed E-state index contributed by atoms with van der Waals surface area (Å²) in [5, 5.41) is 0. The Morgan fingerprint density at radius 3 is 2.88 bits per heavy atom. The zero-order valence-electron chi connectivity index (χ0n) is 9.22. The van der Waals surface area contributed by atoms with Crippen LogP contribution in [0.15, 0.2) is 47.1 Å². The van der Waals surface area contributed by atoms with Crippen molar-refractivity contribution in [3.05, 3.63) is 54.0 Å². The van der Waals surface area contributed by atoms with E-state index in [1.165, 1.54) is 0 Å². The van der Waals surface area contributed by atoms with E-state index in [-0.39, 0.29) is 6.04 Å². The van der Waals surface area contributed by atoms with Crippen LogP contribution in [-0.2, 0) is 6.42 Å². The monoisotopic (exact) mass is 217 g/mol. The van der Waals surface area contributed by atoms with Gasteiger partial charge in [0, 0.05) is 12.5 Å². The summed E-state index contributed by atoms with van der Waals surface area (Å²) in [6.07, 6.45) is 2.35. The second-order valence-corrected chi connectivity index (χ2v) is 3.67. The maximum absolute atomic E-state index is 6.09. The Morgan fingerprint density at radius 2 is 2.19 bits per heavy atom. The number of nitrogens with two attached hydrogens (primary N) is 1. The molecule has 0 saturated carbocycles. The Bertz CT molecular complexity index is 437. The maximum atomic E-state index is 6.09. The summed E-state index contributed by atoms with van der Waals surface area (Å²) in [5.74, 6) is 1.72. The summed E-state index contributed by atoms with van der Waals surface area (Å²) in [4.78, 5) is 0. The SMILES string of the molecule is COc1cccc(C(N)Cc2ccco2)c1. The van der Waals surface area contributed by atoms with Crippen molar-refractivity contribution in [3.63, 3.8) is 0 Å². The van der Waals surface area contributed by atoms with E-state index in [2.05, 4.69) is 0 Å². The van der Waals surface area contributed by atoms with E-state index in [0.29, 0.717) is 6.42 Å². The van der Waals surface area contributed by atoms with Gasteiger partial charge in [-0.05, 0) is 29.8 Å². The Labute approximate surface area is 94.8 Å². The van der Waals surface area contributed by atoms with Crippen LogP contribution in [0.5, 0.6) is 5.75 Å². The number of hydrogen-bond donors (Lipinski definition) is 1. The lowest BCUT2D eigenvalue weighted by molar-refractivity contribution is 0.413. The van der Waals surface area contributed by atoms with Crippen molar-refractivity contribution >= 4 is 0 Å². The van der Waals surface area contributed by atoms with Crippen LogP contribution in [0.1, 0.15) is 17.4 Å². The van der Waals surface area contributed by atoms with Gasteiger partial charge in [0.15, 0.2) is 0 Å². The van der Waals surface area contributed by atoms with Crippen molar-refractivity contribution in [3.8, 4) is 5.75 Å². The Hall–Kier alpha value is -1.74. The number of benzene rings is 1. The van der Waals surface area contributed by atoms with Gasteiger partial charge in [-0.1, -0.05) is 12.1 Å². The fraction of sp³-hybridized carbons (Fsp3) is 0.231. The fourth-order valence-electron chi connectivity index (χ4n) is 1.64. The van der Waals surface area contributed by atoms with Crippen molar-refractivity contribution in [1.29, 1.82) is 0 Å². The highest BCUT2D eigenvalue weighted by Crippen LogP contribution is 2.20. The van der Waals surface area contributed by atoms with Crippen LogP contribution in [0.25, 0.3) is 0 Å². The van der Waals surface area contributed by atoms with E-state index < -0.39 is 0 Å². The molecule has 1 atom stereocenters. The van der Waals surface area contributed by atoms with Gasteiger partial charge >= 0.3 is 0 Å².